The second-order valence-electron chi connectivity index (χ2n) is 20.4. The Labute approximate surface area is 410 Å². The zero-order chi connectivity index (χ0) is 47.3. The Morgan fingerprint density at radius 3 is 1.42 bits per heavy atom. The van der Waals surface area contributed by atoms with Crippen LogP contribution >= 0.6 is 0 Å². The number of hydrogen-bond donors (Lipinski definition) is 0. The van der Waals surface area contributed by atoms with Gasteiger partial charge in [-0.25, -0.2) is 0 Å². The van der Waals surface area contributed by atoms with Crippen LogP contribution in [0, 0.1) is 0 Å². The van der Waals surface area contributed by atoms with E-state index in [0.717, 1.165) is 99.9 Å². The smallest absolute Gasteiger partial charge is 0.160 e. The van der Waals surface area contributed by atoms with Crippen LogP contribution < -0.4 is 9.80 Å². The molecular formula is C66H46N2O3. The van der Waals surface area contributed by atoms with E-state index in [1.807, 2.05) is 12.1 Å². The van der Waals surface area contributed by atoms with Crippen LogP contribution in [-0.4, -0.2) is 0 Å². The van der Waals surface area contributed by atoms with Crippen LogP contribution in [0.25, 0.3) is 88.1 Å². The van der Waals surface area contributed by atoms with Crippen molar-refractivity contribution < 1.29 is 13.3 Å². The van der Waals surface area contributed by atoms with Crippen molar-refractivity contribution >= 4 is 99.9 Å². The molecule has 0 bridgehead atoms. The van der Waals surface area contributed by atoms with Gasteiger partial charge in [0.1, 0.15) is 16.7 Å². The van der Waals surface area contributed by atoms with E-state index in [9.17, 15) is 0 Å². The molecule has 0 saturated heterocycles. The molecule has 2 aliphatic carbocycles. The minimum Gasteiger partial charge on any atom is -0.454 e. The average molecular weight is 915 g/mol. The van der Waals surface area contributed by atoms with Crippen molar-refractivity contribution in [3.05, 3.63) is 229 Å². The first-order valence-electron chi connectivity index (χ1n) is 24.6. The van der Waals surface area contributed by atoms with Gasteiger partial charge in [-0.3, -0.25) is 0 Å². The van der Waals surface area contributed by atoms with E-state index in [-0.39, 0.29) is 10.8 Å². The number of fused-ring (bicyclic) bond motifs is 16. The van der Waals surface area contributed by atoms with E-state index >= 15 is 0 Å². The molecule has 71 heavy (non-hydrogen) atoms. The van der Waals surface area contributed by atoms with Gasteiger partial charge in [-0.1, -0.05) is 155 Å². The summed E-state index contributed by atoms with van der Waals surface area (Å²) in [5.41, 5.74) is 20.9. The lowest BCUT2D eigenvalue weighted by Crippen LogP contribution is -2.19. The summed E-state index contributed by atoms with van der Waals surface area (Å²) in [6.45, 7) is 9.59. The molecule has 0 aliphatic heterocycles. The van der Waals surface area contributed by atoms with E-state index in [1.165, 1.54) is 44.5 Å². The van der Waals surface area contributed by atoms with E-state index in [2.05, 4.69) is 232 Å². The molecule has 0 atom stereocenters. The highest BCUT2D eigenvalue weighted by Crippen LogP contribution is 2.61. The minimum absolute atomic E-state index is 0.299. The predicted molar refractivity (Wildman–Crippen MR) is 293 cm³/mol. The number of rotatable bonds is 6. The molecule has 5 heteroatoms. The molecule has 0 saturated carbocycles. The van der Waals surface area contributed by atoms with Gasteiger partial charge in [0.05, 0.1) is 17.1 Å². The number of nitrogens with zero attached hydrogens (tertiary/aromatic N) is 2. The van der Waals surface area contributed by atoms with Crippen molar-refractivity contribution in [1.82, 2.24) is 0 Å². The second-order valence-corrected chi connectivity index (χ2v) is 20.4. The summed E-state index contributed by atoms with van der Waals surface area (Å²) in [5, 5.41) is 6.63. The monoisotopic (exact) mass is 914 g/mol. The molecule has 5 nitrogen and oxygen atoms in total. The molecule has 2 aliphatic rings. The molecule has 0 N–H and O–H groups in total. The van der Waals surface area contributed by atoms with Gasteiger partial charge in [-0.15, -0.1) is 0 Å². The van der Waals surface area contributed by atoms with Gasteiger partial charge < -0.3 is 23.1 Å². The van der Waals surface area contributed by atoms with E-state index in [4.69, 9.17) is 13.3 Å². The van der Waals surface area contributed by atoms with Gasteiger partial charge in [0.15, 0.2) is 16.7 Å². The highest BCUT2D eigenvalue weighted by molar-refractivity contribution is 6.20. The highest BCUT2D eigenvalue weighted by atomic mass is 16.3. The van der Waals surface area contributed by atoms with Gasteiger partial charge in [0.25, 0.3) is 0 Å². The summed E-state index contributed by atoms with van der Waals surface area (Å²) in [6.07, 6.45) is 0. The zero-order valence-corrected chi connectivity index (χ0v) is 39.7. The van der Waals surface area contributed by atoms with Crippen LogP contribution in [0.15, 0.2) is 220 Å². The summed E-state index contributed by atoms with van der Waals surface area (Å²) >= 11 is 0. The molecule has 0 spiro atoms. The molecule has 0 unspecified atom stereocenters. The number of furan rings is 3. The standard InChI is InChI=1S/C66H46N2O3/c1-65(2)50-35-41(67(39-19-7-5-8-20-39)54-28-17-26-45-43-23-11-14-30-57(43)69-62(45)54)33-34-42(50)48-36-49-52(37-51(48)65)66(3,4)53-38-56(64-61(60(49)53)47-25-13-16-32-59(47)71-64)68(40-21-9-6-10-22-40)55-29-18-27-46-44-24-12-15-31-58(44)70-63(46)55/h5-38H,1-4H3. The Kier molecular flexibility index (Phi) is 8.13. The van der Waals surface area contributed by atoms with Gasteiger partial charge in [0.2, 0.25) is 0 Å². The molecule has 10 aromatic carbocycles. The molecule has 3 aromatic heterocycles. The molecule has 338 valence electrons. The van der Waals surface area contributed by atoms with Crippen molar-refractivity contribution in [2.75, 3.05) is 9.80 Å². The molecule has 0 fully saturated rings. The number of hydrogen-bond acceptors (Lipinski definition) is 5. The summed E-state index contributed by atoms with van der Waals surface area (Å²) in [7, 11) is 0. The van der Waals surface area contributed by atoms with Gasteiger partial charge in [-0.2, -0.15) is 0 Å². The predicted octanol–water partition coefficient (Wildman–Crippen LogP) is 18.9. The average Bonchev–Trinajstić information content (AvgIpc) is 4.19. The van der Waals surface area contributed by atoms with Crippen LogP contribution in [0.3, 0.4) is 0 Å². The molecule has 0 radical (unpaired) electrons. The molecular weight excluding hydrogens is 869 g/mol. The zero-order valence-electron chi connectivity index (χ0n) is 39.7. The van der Waals surface area contributed by atoms with Crippen molar-refractivity contribution in [2.45, 2.75) is 38.5 Å². The third-order valence-corrected chi connectivity index (χ3v) is 15.8. The fourth-order valence-electron chi connectivity index (χ4n) is 12.4. The largest absolute Gasteiger partial charge is 0.454 e. The topological polar surface area (TPSA) is 45.9 Å². The SMILES string of the molecule is CC1(C)c2cc(N(c3ccccc3)c3cccc4c3oc3ccccc34)ccc2-c2cc3c(cc21)C(C)(C)c1cc(N(c2ccccc2)c2cccc4c2oc2ccccc24)c2oc4ccccc4c2c1-3. The summed E-state index contributed by atoms with van der Waals surface area (Å²) in [6, 6.07) is 73.9. The van der Waals surface area contributed by atoms with Crippen molar-refractivity contribution in [3.8, 4) is 22.3 Å². The number of para-hydroxylation sites is 7. The second kappa shape index (κ2) is 14.4. The van der Waals surface area contributed by atoms with Crippen molar-refractivity contribution in [2.24, 2.45) is 0 Å². The Morgan fingerprint density at radius 2 is 0.789 bits per heavy atom. The summed E-state index contributed by atoms with van der Waals surface area (Å²) < 4.78 is 20.6. The van der Waals surface area contributed by atoms with Crippen molar-refractivity contribution in [1.29, 1.82) is 0 Å². The third-order valence-electron chi connectivity index (χ3n) is 15.8. The van der Waals surface area contributed by atoms with Gasteiger partial charge in [-0.05, 0) is 123 Å². The van der Waals surface area contributed by atoms with Crippen LogP contribution in [0.1, 0.15) is 49.9 Å². The van der Waals surface area contributed by atoms with Crippen LogP contribution in [0.2, 0.25) is 0 Å². The first kappa shape index (κ1) is 40.1. The fourth-order valence-corrected chi connectivity index (χ4v) is 12.4. The Bertz CT molecular complexity index is 4360. The quantitative estimate of drug-likeness (QED) is 0.166. The van der Waals surface area contributed by atoms with Crippen LogP contribution in [0.5, 0.6) is 0 Å². The maximum Gasteiger partial charge on any atom is 0.160 e. The molecule has 15 rings (SSSR count). The molecule has 13 aromatic rings. The number of anilines is 6. The Hall–Kier alpha value is -8.80. The highest BCUT2D eigenvalue weighted by Gasteiger charge is 2.44. The fraction of sp³-hybridized carbons (Fsp3) is 0.0909. The first-order valence-corrected chi connectivity index (χ1v) is 24.6. The van der Waals surface area contributed by atoms with E-state index in [1.54, 1.807) is 0 Å². The normalized spacial score (nSPS) is 14.1. The lowest BCUT2D eigenvalue weighted by atomic mass is 9.77. The van der Waals surface area contributed by atoms with Gasteiger partial charge >= 0.3 is 0 Å². The first-order chi connectivity index (χ1) is 34.7. The third kappa shape index (κ3) is 5.52. The Balaban J connectivity index is 0.942. The van der Waals surface area contributed by atoms with Crippen LogP contribution in [-0.2, 0) is 10.8 Å². The summed E-state index contributed by atoms with van der Waals surface area (Å²) in [4.78, 5) is 4.70. The summed E-state index contributed by atoms with van der Waals surface area (Å²) in [5.74, 6) is 0. The Morgan fingerprint density at radius 1 is 0.310 bits per heavy atom. The maximum atomic E-state index is 7.14. The van der Waals surface area contributed by atoms with Crippen LogP contribution in [0.4, 0.5) is 34.1 Å². The molecule has 0 amide bonds. The lowest BCUT2D eigenvalue weighted by Gasteiger charge is -2.29. The minimum atomic E-state index is -0.361. The molecule has 3 heterocycles. The van der Waals surface area contributed by atoms with E-state index < -0.39 is 0 Å². The maximum absolute atomic E-state index is 7.14. The lowest BCUT2D eigenvalue weighted by molar-refractivity contribution is 0.639. The number of benzene rings is 10. The van der Waals surface area contributed by atoms with E-state index in [0.29, 0.717) is 0 Å². The van der Waals surface area contributed by atoms with Crippen molar-refractivity contribution in [3.63, 3.8) is 0 Å². The van der Waals surface area contributed by atoms with Gasteiger partial charge in [0, 0.05) is 60.2 Å².